The molecule has 2 rings (SSSR count). The average Bonchev–Trinajstić information content (AvgIpc) is 2.83. The Labute approximate surface area is 113 Å². The number of anilines is 1. The maximum Gasteiger partial charge on any atom is 0.185 e. The van der Waals surface area contributed by atoms with Gasteiger partial charge in [-0.15, -0.1) is 11.3 Å². The van der Waals surface area contributed by atoms with E-state index in [4.69, 9.17) is 15.5 Å². The number of piperidine rings is 1. The summed E-state index contributed by atoms with van der Waals surface area (Å²) in [6.45, 7) is 5.83. The zero-order chi connectivity index (χ0) is 13.0. The van der Waals surface area contributed by atoms with Crippen LogP contribution in [-0.4, -0.2) is 31.8 Å². The molecule has 0 aliphatic carbocycles. The molecule has 1 fully saturated rings. The quantitative estimate of drug-likeness (QED) is 0.888. The first kappa shape index (κ1) is 13.8. The summed E-state index contributed by atoms with van der Waals surface area (Å²) in [4.78, 5) is 8.37. The SMILES string of the molecule is CCc1nc(N2CCC(COC)CC2)sc1CN. The minimum Gasteiger partial charge on any atom is -0.384 e. The fourth-order valence-electron chi connectivity index (χ4n) is 2.47. The molecule has 18 heavy (non-hydrogen) atoms. The standard InChI is InChI=1S/C13H23N3OS/c1-3-11-12(8-14)18-13(15-11)16-6-4-10(5-7-16)9-17-2/h10H,3-9,14H2,1-2H3. The number of hydrogen-bond donors (Lipinski definition) is 1. The number of methoxy groups -OCH3 is 1. The van der Waals surface area contributed by atoms with Gasteiger partial charge in [-0.1, -0.05) is 6.92 Å². The minimum absolute atomic E-state index is 0.612. The molecule has 0 saturated carbocycles. The van der Waals surface area contributed by atoms with E-state index in [1.54, 1.807) is 18.4 Å². The lowest BCUT2D eigenvalue weighted by atomic mass is 9.98. The van der Waals surface area contributed by atoms with Gasteiger partial charge >= 0.3 is 0 Å². The normalized spacial score (nSPS) is 17.4. The molecule has 1 saturated heterocycles. The number of thiazole rings is 1. The molecule has 0 spiro atoms. The maximum atomic E-state index is 5.77. The van der Waals surface area contributed by atoms with Gasteiger partial charge in [0.25, 0.3) is 0 Å². The van der Waals surface area contributed by atoms with E-state index in [1.807, 2.05) is 0 Å². The van der Waals surface area contributed by atoms with Crippen molar-refractivity contribution in [1.82, 2.24) is 4.98 Å². The Morgan fingerprint density at radius 1 is 1.44 bits per heavy atom. The zero-order valence-electron chi connectivity index (χ0n) is 11.3. The molecular weight excluding hydrogens is 246 g/mol. The van der Waals surface area contributed by atoms with Crippen LogP contribution in [0.2, 0.25) is 0 Å². The number of nitrogens with two attached hydrogens (primary N) is 1. The predicted molar refractivity (Wildman–Crippen MR) is 76.2 cm³/mol. The highest BCUT2D eigenvalue weighted by molar-refractivity contribution is 7.15. The molecule has 0 atom stereocenters. The molecule has 4 nitrogen and oxygen atoms in total. The van der Waals surface area contributed by atoms with Crippen molar-refractivity contribution in [2.75, 3.05) is 31.7 Å². The molecule has 0 radical (unpaired) electrons. The summed E-state index contributed by atoms with van der Waals surface area (Å²) in [5, 5.41) is 1.16. The Bertz CT molecular complexity index is 351. The smallest absolute Gasteiger partial charge is 0.185 e. The van der Waals surface area contributed by atoms with Gasteiger partial charge in [-0.3, -0.25) is 0 Å². The maximum absolute atomic E-state index is 5.77. The molecule has 2 heterocycles. The van der Waals surface area contributed by atoms with Gasteiger partial charge in [0, 0.05) is 38.2 Å². The Balaban J connectivity index is 1.98. The molecule has 102 valence electrons. The minimum atomic E-state index is 0.612. The molecule has 2 N–H and O–H groups in total. The van der Waals surface area contributed by atoms with E-state index in [-0.39, 0.29) is 0 Å². The molecule has 1 aliphatic heterocycles. The van der Waals surface area contributed by atoms with Crippen molar-refractivity contribution < 1.29 is 4.74 Å². The second-order valence-corrected chi connectivity index (χ2v) is 5.87. The van der Waals surface area contributed by atoms with Crippen LogP contribution in [0.15, 0.2) is 0 Å². The van der Waals surface area contributed by atoms with E-state index in [1.165, 1.54) is 23.4 Å². The van der Waals surface area contributed by atoms with Crippen LogP contribution in [-0.2, 0) is 17.7 Å². The molecule has 0 bridgehead atoms. The van der Waals surface area contributed by atoms with Crippen LogP contribution in [0, 0.1) is 5.92 Å². The lowest BCUT2D eigenvalue weighted by molar-refractivity contribution is 0.139. The van der Waals surface area contributed by atoms with Gasteiger partial charge in [-0.2, -0.15) is 0 Å². The van der Waals surface area contributed by atoms with E-state index in [0.717, 1.165) is 31.2 Å². The van der Waals surface area contributed by atoms with E-state index in [2.05, 4.69) is 11.8 Å². The third kappa shape index (κ3) is 3.02. The molecule has 0 aromatic carbocycles. The number of hydrogen-bond acceptors (Lipinski definition) is 5. The second-order valence-electron chi connectivity index (χ2n) is 4.81. The first-order chi connectivity index (χ1) is 8.78. The Morgan fingerprint density at radius 2 is 2.17 bits per heavy atom. The monoisotopic (exact) mass is 269 g/mol. The van der Waals surface area contributed by atoms with Gasteiger partial charge < -0.3 is 15.4 Å². The highest BCUT2D eigenvalue weighted by atomic mass is 32.1. The predicted octanol–water partition coefficient (Wildman–Crippen LogP) is 2.03. The number of rotatable bonds is 5. The number of ether oxygens (including phenoxy) is 1. The lowest BCUT2D eigenvalue weighted by Crippen LogP contribution is -2.34. The molecule has 1 aromatic rings. The molecule has 1 aromatic heterocycles. The van der Waals surface area contributed by atoms with Gasteiger partial charge in [0.2, 0.25) is 0 Å². The van der Waals surface area contributed by atoms with Gasteiger partial charge in [-0.25, -0.2) is 4.98 Å². The summed E-state index contributed by atoms with van der Waals surface area (Å²) in [6, 6.07) is 0. The lowest BCUT2D eigenvalue weighted by Gasteiger charge is -2.31. The highest BCUT2D eigenvalue weighted by Crippen LogP contribution is 2.29. The van der Waals surface area contributed by atoms with Gasteiger partial charge in [0.1, 0.15) is 0 Å². The Kier molecular flexibility index (Phi) is 4.97. The van der Waals surface area contributed by atoms with E-state index in [9.17, 15) is 0 Å². The average molecular weight is 269 g/mol. The topological polar surface area (TPSA) is 51.4 Å². The van der Waals surface area contributed by atoms with Crippen molar-refractivity contribution in [3.8, 4) is 0 Å². The zero-order valence-corrected chi connectivity index (χ0v) is 12.1. The first-order valence-corrected chi connectivity index (χ1v) is 7.52. The van der Waals surface area contributed by atoms with Gasteiger partial charge in [0.15, 0.2) is 5.13 Å². The Morgan fingerprint density at radius 3 is 2.67 bits per heavy atom. The summed E-state index contributed by atoms with van der Waals surface area (Å²) in [6.07, 6.45) is 3.38. The Hall–Kier alpha value is -0.650. The van der Waals surface area contributed by atoms with Crippen molar-refractivity contribution in [2.24, 2.45) is 11.7 Å². The van der Waals surface area contributed by atoms with Crippen LogP contribution in [0.4, 0.5) is 5.13 Å². The summed E-state index contributed by atoms with van der Waals surface area (Å²) in [7, 11) is 1.79. The second kappa shape index (κ2) is 6.50. The van der Waals surface area contributed by atoms with E-state index in [0.29, 0.717) is 12.5 Å². The number of aromatic nitrogens is 1. The van der Waals surface area contributed by atoms with Gasteiger partial charge in [0.05, 0.1) is 5.69 Å². The first-order valence-electron chi connectivity index (χ1n) is 6.71. The van der Waals surface area contributed by atoms with Crippen LogP contribution in [0.5, 0.6) is 0 Å². The third-order valence-electron chi connectivity index (χ3n) is 3.57. The van der Waals surface area contributed by atoms with Crippen LogP contribution < -0.4 is 10.6 Å². The summed E-state index contributed by atoms with van der Waals surface area (Å²) < 4.78 is 5.23. The molecule has 5 heteroatoms. The van der Waals surface area contributed by atoms with E-state index >= 15 is 0 Å². The summed E-state index contributed by atoms with van der Waals surface area (Å²) in [5.41, 5.74) is 6.94. The molecular formula is C13H23N3OS. The third-order valence-corrected chi connectivity index (χ3v) is 4.76. The largest absolute Gasteiger partial charge is 0.384 e. The fourth-order valence-corrected chi connectivity index (χ4v) is 3.55. The van der Waals surface area contributed by atoms with Gasteiger partial charge in [-0.05, 0) is 25.2 Å². The van der Waals surface area contributed by atoms with Crippen molar-refractivity contribution in [3.05, 3.63) is 10.6 Å². The summed E-state index contributed by atoms with van der Waals surface area (Å²) in [5.74, 6) is 0.714. The number of aryl methyl sites for hydroxylation is 1. The number of nitrogens with zero attached hydrogens (tertiary/aromatic N) is 2. The van der Waals surface area contributed by atoms with Crippen molar-refractivity contribution in [1.29, 1.82) is 0 Å². The molecule has 0 unspecified atom stereocenters. The van der Waals surface area contributed by atoms with Crippen molar-refractivity contribution in [3.63, 3.8) is 0 Å². The van der Waals surface area contributed by atoms with Crippen LogP contribution in [0.1, 0.15) is 30.3 Å². The van der Waals surface area contributed by atoms with Crippen molar-refractivity contribution in [2.45, 2.75) is 32.7 Å². The van der Waals surface area contributed by atoms with Crippen LogP contribution in [0.25, 0.3) is 0 Å². The highest BCUT2D eigenvalue weighted by Gasteiger charge is 2.22. The summed E-state index contributed by atoms with van der Waals surface area (Å²) >= 11 is 1.76. The van der Waals surface area contributed by atoms with Crippen LogP contribution in [0.3, 0.4) is 0 Å². The van der Waals surface area contributed by atoms with E-state index < -0.39 is 0 Å². The molecule has 0 amide bonds. The fraction of sp³-hybridized carbons (Fsp3) is 0.769. The molecule has 1 aliphatic rings. The van der Waals surface area contributed by atoms with Crippen LogP contribution >= 0.6 is 11.3 Å². The van der Waals surface area contributed by atoms with Crippen molar-refractivity contribution >= 4 is 16.5 Å².